The Bertz CT molecular complexity index is 631. The number of hydrogen-bond donors (Lipinski definition) is 1. The molecule has 0 radical (unpaired) electrons. The summed E-state index contributed by atoms with van der Waals surface area (Å²) in [5, 5.41) is 2.43. The van der Waals surface area contributed by atoms with Gasteiger partial charge >= 0.3 is 12.1 Å². The van der Waals surface area contributed by atoms with Crippen molar-refractivity contribution in [2.24, 2.45) is 0 Å². The third-order valence-corrected chi connectivity index (χ3v) is 3.63. The lowest BCUT2D eigenvalue weighted by atomic mass is 9.88. The zero-order chi connectivity index (χ0) is 17.4. The average Bonchev–Trinajstić information content (AvgIpc) is 2.62. The molecule has 0 saturated heterocycles. The highest BCUT2D eigenvalue weighted by atomic mass is 16.6. The molecule has 1 amide bonds. The van der Waals surface area contributed by atoms with Crippen molar-refractivity contribution in [3.63, 3.8) is 0 Å². The maximum Gasteiger partial charge on any atom is 0.408 e. The second-order valence-electron chi connectivity index (χ2n) is 5.31. The van der Waals surface area contributed by atoms with Crippen LogP contribution in [0, 0.1) is 0 Å². The standard InChI is InChI=1S/C19H21NO4/c1-3-23-17(21)14-20-18(22)24-19(2,15-10-6-4-7-11-15)16-12-8-5-9-13-16/h4-13H,3,14H2,1-2H3,(H,20,22). The van der Waals surface area contributed by atoms with Crippen LogP contribution in [-0.4, -0.2) is 25.2 Å². The molecular weight excluding hydrogens is 306 g/mol. The smallest absolute Gasteiger partial charge is 0.408 e. The van der Waals surface area contributed by atoms with Gasteiger partial charge in [0.25, 0.3) is 0 Å². The molecule has 24 heavy (non-hydrogen) atoms. The fourth-order valence-corrected chi connectivity index (χ4v) is 2.37. The summed E-state index contributed by atoms with van der Waals surface area (Å²) in [6.45, 7) is 3.56. The zero-order valence-corrected chi connectivity index (χ0v) is 13.8. The molecule has 1 N–H and O–H groups in total. The minimum Gasteiger partial charge on any atom is -0.465 e. The third kappa shape index (κ3) is 4.35. The van der Waals surface area contributed by atoms with Gasteiger partial charge in [0.05, 0.1) is 6.61 Å². The number of benzene rings is 2. The Hall–Kier alpha value is -2.82. The van der Waals surface area contributed by atoms with Crippen molar-refractivity contribution in [2.45, 2.75) is 19.4 Å². The van der Waals surface area contributed by atoms with Crippen LogP contribution in [0.15, 0.2) is 60.7 Å². The van der Waals surface area contributed by atoms with Crippen LogP contribution in [0.5, 0.6) is 0 Å². The third-order valence-electron chi connectivity index (χ3n) is 3.63. The molecular formula is C19H21NO4. The highest BCUT2D eigenvalue weighted by Crippen LogP contribution is 2.33. The second-order valence-corrected chi connectivity index (χ2v) is 5.31. The van der Waals surface area contributed by atoms with Crippen LogP contribution in [0.4, 0.5) is 4.79 Å². The van der Waals surface area contributed by atoms with E-state index in [9.17, 15) is 9.59 Å². The van der Waals surface area contributed by atoms with Gasteiger partial charge in [-0.1, -0.05) is 60.7 Å². The molecule has 2 aromatic carbocycles. The quantitative estimate of drug-likeness (QED) is 0.827. The van der Waals surface area contributed by atoms with Gasteiger partial charge in [-0.15, -0.1) is 0 Å². The lowest BCUT2D eigenvalue weighted by molar-refractivity contribution is -0.142. The average molecular weight is 327 g/mol. The van der Waals surface area contributed by atoms with E-state index in [1.807, 2.05) is 67.6 Å². The molecule has 2 aromatic rings. The summed E-state index contributed by atoms with van der Waals surface area (Å²) in [6, 6.07) is 18.9. The summed E-state index contributed by atoms with van der Waals surface area (Å²) in [5.41, 5.74) is 0.700. The van der Waals surface area contributed by atoms with Crippen molar-refractivity contribution in [1.82, 2.24) is 5.32 Å². The number of nitrogens with one attached hydrogen (secondary N) is 1. The molecule has 0 bridgehead atoms. The first-order chi connectivity index (χ1) is 11.6. The van der Waals surface area contributed by atoms with Gasteiger partial charge in [-0.25, -0.2) is 4.79 Å². The first-order valence-corrected chi connectivity index (χ1v) is 7.79. The van der Waals surface area contributed by atoms with Gasteiger partial charge in [0.1, 0.15) is 6.54 Å². The molecule has 0 aromatic heterocycles. The minimum absolute atomic E-state index is 0.230. The van der Waals surface area contributed by atoms with Crippen molar-refractivity contribution in [3.8, 4) is 0 Å². The van der Waals surface area contributed by atoms with Gasteiger partial charge < -0.3 is 14.8 Å². The topological polar surface area (TPSA) is 64.6 Å². The Balaban J connectivity index is 2.19. The maximum absolute atomic E-state index is 12.2. The van der Waals surface area contributed by atoms with Crippen LogP contribution < -0.4 is 5.32 Å². The lowest BCUT2D eigenvalue weighted by Crippen LogP contribution is -2.38. The molecule has 0 fully saturated rings. The van der Waals surface area contributed by atoms with E-state index >= 15 is 0 Å². The van der Waals surface area contributed by atoms with Crippen LogP contribution in [0.1, 0.15) is 25.0 Å². The molecule has 0 saturated carbocycles. The fraction of sp³-hybridized carbons (Fsp3) is 0.263. The first-order valence-electron chi connectivity index (χ1n) is 7.79. The summed E-state index contributed by atoms with van der Waals surface area (Å²) in [6.07, 6.45) is -0.682. The number of ether oxygens (including phenoxy) is 2. The SMILES string of the molecule is CCOC(=O)CNC(=O)OC(C)(c1ccccc1)c1ccccc1. The second kappa shape index (κ2) is 8.15. The van der Waals surface area contributed by atoms with Gasteiger partial charge in [-0.2, -0.15) is 0 Å². The highest BCUT2D eigenvalue weighted by molar-refractivity contribution is 5.78. The Kier molecular flexibility index (Phi) is 5.95. The van der Waals surface area contributed by atoms with Crippen LogP contribution in [0.3, 0.4) is 0 Å². The number of amides is 1. The summed E-state index contributed by atoms with van der Waals surface area (Å²) < 4.78 is 10.5. The summed E-state index contributed by atoms with van der Waals surface area (Å²) in [5.74, 6) is -0.504. The number of hydrogen-bond acceptors (Lipinski definition) is 4. The van der Waals surface area contributed by atoms with Crippen molar-refractivity contribution in [2.75, 3.05) is 13.2 Å². The Morgan fingerprint density at radius 1 is 0.958 bits per heavy atom. The fourth-order valence-electron chi connectivity index (χ4n) is 2.37. The van der Waals surface area contributed by atoms with Gasteiger partial charge in [0, 0.05) is 0 Å². The van der Waals surface area contributed by atoms with E-state index < -0.39 is 17.7 Å². The molecule has 5 heteroatoms. The number of alkyl carbamates (subject to hydrolysis) is 1. The maximum atomic E-state index is 12.2. The van der Waals surface area contributed by atoms with Gasteiger partial charge in [-0.05, 0) is 25.0 Å². The predicted octanol–water partition coefficient (Wildman–Crippen LogP) is 3.24. The van der Waals surface area contributed by atoms with Crippen LogP contribution in [0.25, 0.3) is 0 Å². The van der Waals surface area contributed by atoms with Crippen molar-refractivity contribution in [1.29, 1.82) is 0 Å². The van der Waals surface area contributed by atoms with E-state index in [4.69, 9.17) is 9.47 Å². The lowest BCUT2D eigenvalue weighted by Gasteiger charge is -2.30. The Morgan fingerprint density at radius 3 is 1.92 bits per heavy atom. The van der Waals surface area contributed by atoms with Crippen molar-refractivity contribution >= 4 is 12.1 Å². The molecule has 5 nitrogen and oxygen atoms in total. The molecule has 0 atom stereocenters. The molecule has 2 rings (SSSR count). The number of carbonyl (C=O) groups excluding carboxylic acids is 2. The first kappa shape index (κ1) is 17.5. The number of esters is 1. The number of rotatable bonds is 6. The van der Waals surface area contributed by atoms with Gasteiger partial charge in [0.2, 0.25) is 0 Å². The van der Waals surface area contributed by atoms with E-state index in [-0.39, 0.29) is 13.2 Å². The zero-order valence-electron chi connectivity index (χ0n) is 13.8. The van der Waals surface area contributed by atoms with Crippen LogP contribution in [0.2, 0.25) is 0 Å². The van der Waals surface area contributed by atoms with Crippen molar-refractivity contribution in [3.05, 3.63) is 71.8 Å². The normalized spacial score (nSPS) is 10.8. The Labute approximate surface area is 141 Å². The molecule has 126 valence electrons. The summed E-state index contributed by atoms with van der Waals surface area (Å²) >= 11 is 0. The van der Waals surface area contributed by atoms with Gasteiger partial charge in [0.15, 0.2) is 5.60 Å². The van der Waals surface area contributed by atoms with E-state index in [0.29, 0.717) is 0 Å². The van der Waals surface area contributed by atoms with Crippen LogP contribution in [-0.2, 0) is 19.9 Å². The van der Waals surface area contributed by atoms with Gasteiger partial charge in [-0.3, -0.25) is 4.79 Å². The molecule has 0 aliphatic heterocycles. The number of carbonyl (C=O) groups is 2. The largest absolute Gasteiger partial charge is 0.465 e. The molecule has 0 heterocycles. The van der Waals surface area contributed by atoms with E-state index in [1.54, 1.807) is 6.92 Å². The predicted molar refractivity (Wildman–Crippen MR) is 90.5 cm³/mol. The molecule has 0 spiro atoms. The molecule has 0 aliphatic rings. The van der Waals surface area contributed by atoms with E-state index in [2.05, 4.69) is 5.32 Å². The van der Waals surface area contributed by atoms with Crippen LogP contribution >= 0.6 is 0 Å². The summed E-state index contributed by atoms with van der Waals surface area (Å²) in [4.78, 5) is 23.5. The summed E-state index contributed by atoms with van der Waals surface area (Å²) in [7, 11) is 0. The van der Waals surface area contributed by atoms with Crippen molar-refractivity contribution < 1.29 is 19.1 Å². The monoisotopic (exact) mass is 327 g/mol. The van der Waals surface area contributed by atoms with E-state index in [0.717, 1.165) is 11.1 Å². The minimum atomic E-state index is -0.971. The molecule has 0 unspecified atom stereocenters. The Morgan fingerprint density at radius 2 is 1.46 bits per heavy atom. The molecule has 0 aliphatic carbocycles. The van der Waals surface area contributed by atoms with E-state index in [1.165, 1.54) is 0 Å². The highest BCUT2D eigenvalue weighted by Gasteiger charge is 2.33.